The lowest BCUT2D eigenvalue weighted by atomic mass is 10.2. The van der Waals surface area contributed by atoms with Gasteiger partial charge in [-0.1, -0.05) is 12.1 Å². The highest BCUT2D eigenvalue weighted by Gasteiger charge is 2.04. The third-order valence-corrected chi connectivity index (χ3v) is 3.08. The molecule has 0 aliphatic rings. The van der Waals surface area contributed by atoms with Gasteiger partial charge in [-0.15, -0.1) is 0 Å². The van der Waals surface area contributed by atoms with E-state index < -0.39 is 0 Å². The lowest BCUT2D eigenvalue weighted by molar-refractivity contribution is 0.837. The van der Waals surface area contributed by atoms with Crippen LogP contribution in [0, 0.1) is 0 Å². The van der Waals surface area contributed by atoms with Crippen LogP contribution in [0.4, 0.5) is 5.69 Å². The summed E-state index contributed by atoms with van der Waals surface area (Å²) in [5.41, 5.74) is 3.26. The predicted molar refractivity (Wildman–Crippen MR) is 74.1 cm³/mol. The van der Waals surface area contributed by atoms with E-state index in [9.17, 15) is 0 Å². The van der Waals surface area contributed by atoms with Crippen LogP contribution >= 0.6 is 0 Å². The van der Waals surface area contributed by atoms with Crippen LogP contribution in [0.5, 0.6) is 0 Å². The normalized spacial score (nSPS) is 10.6. The van der Waals surface area contributed by atoms with Gasteiger partial charge in [-0.05, 0) is 24.3 Å². The Labute approximate surface area is 111 Å². The summed E-state index contributed by atoms with van der Waals surface area (Å²) < 4.78 is 3.86. The average Bonchev–Trinajstić information content (AvgIpc) is 3.08. The molecule has 0 amide bonds. The van der Waals surface area contributed by atoms with Crippen molar-refractivity contribution in [1.29, 1.82) is 0 Å². The van der Waals surface area contributed by atoms with Crippen molar-refractivity contribution in [3.05, 3.63) is 60.9 Å². The Morgan fingerprint density at radius 3 is 2.79 bits per heavy atom. The minimum absolute atomic E-state index is 0.773. The van der Waals surface area contributed by atoms with Crippen LogP contribution in [0.1, 0.15) is 5.69 Å². The minimum Gasteiger partial charge on any atom is -0.378 e. The van der Waals surface area contributed by atoms with Crippen molar-refractivity contribution in [2.45, 2.75) is 6.54 Å². The number of hydrogen-bond donors (Lipinski definition) is 1. The van der Waals surface area contributed by atoms with E-state index in [1.54, 1.807) is 11.0 Å². The number of rotatable bonds is 4. The van der Waals surface area contributed by atoms with Crippen molar-refractivity contribution < 1.29 is 0 Å². The van der Waals surface area contributed by atoms with Gasteiger partial charge >= 0.3 is 0 Å². The van der Waals surface area contributed by atoms with E-state index in [1.807, 2.05) is 43.6 Å². The number of para-hydroxylation sites is 2. The zero-order chi connectivity index (χ0) is 13.1. The second-order valence-electron chi connectivity index (χ2n) is 4.32. The molecule has 0 atom stereocenters. The van der Waals surface area contributed by atoms with Crippen molar-refractivity contribution in [2.75, 3.05) is 5.32 Å². The van der Waals surface area contributed by atoms with E-state index in [1.165, 1.54) is 12.0 Å². The van der Waals surface area contributed by atoms with Gasteiger partial charge in [0.25, 0.3) is 0 Å². The van der Waals surface area contributed by atoms with E-state index in [0.29, 0.717) is 0 Å². The molecule has 3 aromatic rings. The number of nitrogens with one attached hydrogen (secondary N) is 1. The number of aromatic nitrogens is 4. The molecule has 5 nitrogen and oxygen atoms in total. The van der Waals surface area contributed by atoms with E-state index in [0.717, 1.165) is 17.9 Å². The Morgan fingerprint density at radius 2 is 2.05 bits per heavy atom. The van der Waals surface area contributed by atoms with Crippen molar-refractivity contribution in [3.8, 4) is 5.69 Å². The maximum absolute atomic E-state index is 4.17. The van der Waals surface area contributed by atoms with Gasteiger partial charge in [-0.25, -0.2) is 9.67 Å². The highest BCUT2D eigenvalue weighted by atomic mass is 15.3. The first-order valence-electron chi connectivity index (χ1n) is 6.13. The molecule has 0 bridgehead atoms. The summed E-state index contributed by atoms with van der Waals surface area (Å²) in [5.74, 6) is 0. The minimum atomic E-state index is 0.773. The van der Waals surface area contributed by atoms with Crippen LogP contribution in [-0.2, 0) is 13.6 Å². The fourth-order valence-corrected chi connectivity index (χ4v) is 2.02. The zero-order valence-electron chi connectivity index (χ0n) is 10.7. The molecule has 0 radical (unpaired) electrons. The zero-order valence-corrected chi connectivity index (χ0v) is 10.7. The molecule has 0 unspecified atom stereocenters. The summed E-state index contributed by atoms with van der Waals surface area (Å²) >= 11 is 0. The molecule has 0 aliphatic heterocycles. The maximum atomic E-state index is 4.17. The molecule has 0 aliphatic carbocycles. The van der Waals surface area contributed by atoms with Crippen LogP contribution in [-0.4, -0.2) is 19.3 Å². The largest absolute Gasteiger partial charge is 0.378 e. The predicted octanol–water partition coefficient (Wildman–Crippen LogP) is 2.22. The van der Waals surface area contributed by atoms with Crippen molar-refractivity contribution in [2.24, 2.45) is 7.05 Å². The van der Waals surface area contributed by atoms with Gasteiger partial charge in [0, 0.05) is 18.9 Å². The lowest BCUT2D eigenvalue weighted by Gasteiger charge is -2.12. The Kier molecular flexibility index (Phi) is 3.02. The van der Waals surface area contributed by atoms with E-state index in [2.05, 4.69) is 26.0 Å². The summed E-state index contributed by atoms with van der Waals surface area (Å²) in [4.78, 5) is 3.98. The standard InChI is InChI=1S/C14H15N5/c1-18-8-4-5-12(18)9-16-13-6-2-3-7-14(13)19-11-15-10-17-19/h2-8,10-11,16H,9H2,1H3. The number of benzene rings is 1. The molecule has 0 saturated heterocycles. The molecule has 3 rings (SSSR count). The Hall–Kier alpha value is -2.56. The molecule has 0 spiro atoms. The summed E-state index contributed by atoms with van der Waals surface area (Å²) in [5, 5.41) is 7.61. The van der Waals surface area contributed by atoms with Gasteiger partial charge < -0.3 is 9.88 Å². The van der Waals surface area contributed by atoms with Crippen LogP contribution in [0.3, 0.4) is 0 Å². The molecule has 2 aromatic heterocycles. The van der Waals surface area contributed by atoms with Gasteiger partial charge in [0.2, 0.25) is 0 Å². The molecule has 0 fully saturated rings. The quantitative estimate of drug-likeness (QED) is 0.775. The van der Waals surface area contributed by atoms with Crippen LogP contribution in [0.15, 0.2) is 55.2 Å². The van der Waals surface area contributed by atoms with Crippen molar-refractivity contribution in [1.82, 2.24) is 19.3 Å². The molecule has 0 saturated carbocycles. The summed E-state index contributed by atoms with van der Waals surface area (Å²) in [6.07, 6.45) is 5.28. The Balaban J connectivity index is 1.84. The average molecular weight is 253 g/mol. The Bertz CT molecular complexity index is 654. The third-order valence-electron chi connectivity index (χ3n) is 3.08. The topological polar surface area (TPSA) is 47.7 Å². The summed E-state index contributed by atoms with van der Waals surface area (Å²) in [7, 11) is 2.04. The highest BCUT2D eigenvalue weighted by Crippen LogP contribution is 2.19. The van der Waals surface area contributed by atoms with Gasteiger partial charge in [0.05, 0.1) is 17.9 Å². The van der Waals surface area contributed by atoms with Crippen LogP contribution in [0.2, 0.25) is 0 Å². The number of aryl methyl sites for hydroxylation is 1. The maximum Gasteiger partial charge on any atom is 0.138 e. The highest BCUT2D eigenvalue weighted by molar-refractivity contribution is 5.60. The monoisotopic (exact) mass is 253 g/mol. The first-order valence-corrected chi connectivity index (χ1v) is 6.13. The molecule has 19 heavy (non-hydrogen) atoms. The second kappa shape index (κ2) is 4.97. The van der Waals surface area contributed by atoms with Gasteiger partial charge in [-0.2, -0.15) is 5.10 Å². The Morgan fingerprint density at radius 1 is 1.16 bits per heavy atom. The summed E-state index contributed by atoms with van der Waals surface area (Å²) in [6.45, 7) is 0.773. The molecule has 96 valence electrons. The van der Waals surface area contributed by atoms with E-state index in [-0.39, 0.29) is 0 Å². The first kappa shape index (κ1) is 11.5. The fourth-order valence-electron chi connectivity index (χ4n) is 2.02. The number of nitrogens with zero attached hydrogens (tertiary/aromatic N) is 4. The molecule has 5 heteroatoms. The molecular weight excluding hydrogens is 238 g/mol. The second-order valence-corrected chi connectivity index (χ2v) is 4.32. The van der Waals surface area contributed by atoms with Gasteiger partial charge in [-0.3, -0.25) is 0 Å². The summed E-state index contributed by atoms with van der Waals surface area (Å²) in [6, 6.07) is 12.2. The lowest BCUT2D eigenvalue weighted by Crippen LogP contribution is -2.07. The van der Waals surface area contributed by atoms with Crippen LogP contribution in [0.25, 0.3) is 5.69 Å². The van der Waals surface area contributed by atoms with E-state index >= 15 is 0 Å². The third kappa shape index (κ3) is 2.35. The molecular formula is C14H15N5. The SMILES string of the molecule is Cn1cccc1CNc1ccccc1-n1cncn1. The number of hydrogen-bond acceptors (Lipinski definition) is 3. The van der Waals surface area contributed by atoms with Gasteiger partial charge in [0.1, 0.15) is 12.7 Å². The van der Waals surface area contributed by atoms with Crippen molar-refractivity contribution in [3.63, 3.8) is 0 Å². The number of anilines is 1. The van der Waals surface area contributed by atoms with Crippen LogP contribution < -0.4 is 5.32 Å². The van der Waals surface area contributed by atoms with Gasteiger partial charge in [0.15, 0.2) is 0 Å². The van der Waals surface area contributed by atoms with E-state index in [4.69, 9.17) is 0 Å². The fraction of sp³-hybridized carbons (Fsp3) is 0.143. The molecule has 2 heterocycles. The first-order chi connectivity index (χ1) is 9.34. The molecule has 1 aromatic carbocycles. The molecule has 1 N–H and O–H groups in total. The smallest absolute Gasteiger partial charge is 0.138 e. The van der Waals surface area contributed by atoms with Crippen molar-refractivity contribution >= 4 is 5.69 Å².